The molecule has 1 fully saturated rings. The van der Waals surface area contributed by atoms with Gasteiger partial charge in [-0.1, -0.05) is 13.8 Å². The molecule has 1 aliphatic rings. The van der Waals surface area contributed by atoms with E-state index in [1.54, 1.807) is 28.6 Å². The minimum Gasteiger partial charge on any atom is -0.491 e. The maximum Gasteiger partial charge on any atom is 0.243 e. The van der Waals surface area contributed by atoms with Crippen molar-refractivity contribution in [2.45, 2.75) is 38.7 Å². The van der Waals surface area contributed by atoms with Crippen molar-refractivity contribution in [2.24, 2.45) is 11.8 Å². The molecule has 1 saturated heterocycles. The van der Waals surface area contributed by atoms with Gasteiger partial charge in [0.25, 0.3) is 0 Å². The van der Waals surface area contributed by atoms with Crippen LogP contribution in [0.4, 0.5) is 0 Å². The first-order chi connectivity index (χ1) is 9.30. The maximum atomic E-state index is 12.5. The number of hydrogen-bond donors (Lipinski definition) is 0. The molecule has 0 unspecified atom stereocenters. The molecule has 4 nitrogen and oxygen atoms in total. The van der Waals surface area contributed by atoms with Crippen LogP contribution < -0.4 is 4.74 Å². The molecule has 2 atom stereocenters. The van der Waals surface area contributed by atoms with Gasteiger partial charge in [0.2, 0.25) is 10.0 Å². The lowest BCUT2D eigenvalue weighted by Gasteiger charge is -2.17. The Hall–Kier alpha value is -1.07. The Balaban J connectivity index is 2.18. The predicted molar refractivity (Wildman–Crippen MR) is 79.3 cm³/mol. The molecule has 0 spiro atoms. The zero-order valence-electron chi connectivity index (χ0n) is 12.5. The largest absolute Gasteiger partial charge is 0.491 e. The monoisotopic (exact) mass is 297 g/mol. The van der Waals surface area contributed by atoms with Crippen LogP contribution in [0.2, 0.25) is 0 Å². The van der Waals surface area contributed by atoms with E-state index in [1.165, 1.54) is 0 Å². The minimum absolute atomic E-state index is 0.0812. The average molecular weight is 297 g/mol. The number of nitrogens with zero attached hydrogens (tertiary/aromatic N) is 1. The third-order valence-electron chi connectivity index (χ3n) is 3.79. The Labute approximate surface area is 121 Å². The lowest BCUT2D eigenvalue weighted by atomic mass is 10.0. The van der Waals surface area contributed by atoms with Gasteiger partial charge in [-0.3, -0.25) is 0 Å². The summed E-state index contributed by atoms with van der Waals surface area (Å²) in [7, 11) is -3.37. The predicted octanol–water partition coefficient (Wildman–Crippen LogP) is 2.75. The van der Waals surface area contributed by atoms with Gasteiger partial charge in [0.1, 0.15) is 5.75 Å². The van der Waals surface area contributed by atoms with E-state index < -0.39 is 10.0 Å². The highest BCUT2D eigenvalue weighted by Gasteiger charge is 2.34. The quantitative estimate of drug-likeness (QED) is 0.858. The number of sulfonamides is 1. The summed E-state index contributed by atoms with van der Waals surface area (Å²) in [6.45, 7) is 9.29. The van der Waals surface area contributed by atoms with Crippen LogP contribution in [0.1, 0.15) is 27.7 Å². The Morgan fingerprint density at radius 3 is 2.05 bits per heavy atom. The second-order valence-corrected chi connectivity index (χ2v) is 7.85. The van der Waals surface area contributed by atoms with Gasteiger partial charge in [-0.15, -0.1) is 0 Å². The van der Waals surface area contributed by atoms with Crippen LogP contribution in [0.15, 0.2) is 29.2 Å². The molecule has 0 aromatic heterocycles. The SMILES string of the molecule is CC(C)Oc1ccc(S(=O)(=O)N2C[C@@H](C)[C@H](C)C2)cc1. The number of benzene rings is 1. The lowest BCUT2D eigenvalue weighted by Crippen LogP contribution is -2.29. The molecule has 0 saturated carbocycles. The summed E-state index contributed by atoms with van der Waals surface area (Å²) in [4.78, 5) is 0.343. The van der Waals surface area contributed by atoms with Gasteiger partial charge in [0.05, 0.1) is 11.0 Å². The molecule has 0 amide bonds. The van der Waals surface area contributed by atoms with E-state index in [0.717, 1.165) is 0 Å². The molecule has 0 aliphatic carbocycles. The lowest BCUT2D eigenvalue weighted by molar-refractivity contribution is 0.242. The molecule has 0 bridgehead atoms. The van der Waals surface area contributed by atoms with Crippen molar-refractivity contribution in [1.82, 2.24) is 4.31 Å². The standard InChI is InChI=1S/C15H23NO3S/c1-11(2)19-14-5-7-15(8-6-14)20(17,18)16-9-12(3)13(4)10-16/h5-8,11-13H,9-10H2,1-4H3/t12-,13-/m1/s1. The van der Waals surface area contributed by atoms with Gasteiger partial charge >= 0.3 is 0 Å². The smallest absolute Gasteiger partial charge is 0.243 e. The third-order valence-corrected chi connectivity index (χ3v) is 5.63. The fourth-order valence-corrected chi connectivity index (χ4v) is 4.03. The Morgan fingerprint density at radius 2 is 1.60 bits per heavy atom. The summed E-state index contributed by atoms with van der Waals surface area (Å²) < 4.78 is 32.2. The molecule has 5 heteroatoms. The highest BCUT2D eigenvalue weighted by Crippen LogP contribution is 2.28. The van der Waals surface area contributed by atoms with Crippen LogP contribution in [0.5, 0.6) is 5.75 Å². The van der Waals surface area contributed by atoms with Gasteiger partial charge in [-0.05, 0) is 49.9 Å². The molecule has 1 aromatic rings. The van der Waals surface area contributed by atoms with Crippen LogP contribution in [-0.2, 0) is 10.0 Å². The molecule has 1 heterocycles. The molecule has 0 N–H and O–H groups in total. The molecule has 112 valence electrons. The van der Waals surface area contributed by atoms with E-state index >= 15 is 0 Å². The molecule has 20 heavy (non-hydrogen) atoms. The van der Waals surface area contributed by atoms with Crippen LogP contribution >= 0.6 is 0 Å². The number of rotatable bonds is 4. The van der Waals surface area contributed by atoms with Gasteiger partial charge in [-0.2, -0.15) is 4.31 Å². The Kier molecular flexibility index (Phi) is 4.39. The first-order valence-corrected chi connectivity index (χ1v) is 8.51. The highest BCUT2D eigenvalue weighted by atomic mass is 32.2. The van der Waals surface area contributed by atoms with E-state index in [1.807, 2.05) is 13.8 Å². The van der Waals surface area contributed by atoms with E-state index in [4.69, 9.17) is 4.74 Å². The van der Waals surface area contributed by atoms with Gasteiger partial charge < -0.3 is 4.74 Å². The van der Waals surface area contributed by atoms with Crippen LogP contribution in [0.25, 0.3) is 0 Å². The maximum absolute atomic E-state index is 12.5. The summed E-state index contributed by atoms with van der Waals surface area (Å²) in [6.07, 6.45) is 0.0812. The third kappa shape index (κ3) is 3.15. The zero-order chi connectivity index (χ0) is 14.9. The first-order valence-electron chi connectivity index (χ1n) is 7.07. The van der Waals surface area contributed by atoms with E-state index in [2.05, 4.69) is 13.8 Å². The molecule has 1 aromatic carbocycles. The highest BCUT2D eigenvalue weighted by molar-refractivity contribution is 7.89. The molecule has 1 aliphatic heterocycles. The number of hydrogen-bond acceptors (Lipinski definition) is 3. The van der Waals surface area contributed by atoms with Crippen molar-refractivity contribution >= 4 is 10.0 Å². The van der Waals surface area contributed by atoms with Crippen molar-refractivity contribution < 1.29 is 13.2 Å². The average Bonchev–Trinajstić information content (AvgIpc) is 2.70. The zero-order valence-corrected chi connectivity index (χ0v) is 13.4. The Bertz CT molecular complexity index is 541. The minimum atomic E-state index is -3.37. The molecule has 0 radical (unpaired) electrons. The van der Waals surface area contributed by atoms with Gasteiger partial charge in [0.15, 0.2) is 0 Å². The van der Waals surface area contributed by atoms with E-state index in [9.17, 15) is 8.42 Å². The molecular formula is C15H23NO3S. The number of ether oxygens (including phenoxy) is 1. The topological polar surface area (TPSA) is 46.6 Å². The van der Waals surface area contributed by atoms with Gasteiger partial charge in [0, 0.05) is 13.1 Å². The van der Waals surface area contributed by atoms with Crippen LogP contribution in [0.3, 0.4) is 0 Å². The molecule has 2 rings (SSSR count). The van der Waals surface area contributed by atoms with Crippen molar-refractivity contribution in [1.29, 1.82) is 0 Å². The normalized spacial score (nSPS) is 24.2. The van der Waals surface area contributed by atoms with Crippen molar-refractivity contribution in [2.75, 3.05) is 13.1 Å². The van der Waals surface area contributed by atoms with Crippen molar-refractivity contribution in [3.8, 4) is 5.75 Å². The van der Waals surface area contributed by atoms with E-state index in [-0.39, 0.29) is 6.10 Å². The van der Waals surface area contributed by atoms with Crippen molar-refractivity contribution in [3.05, 3.63) is 24.3 Å². The summed E-state index contributed by atoms with van der Waals surface area (Å²) in [6, 6.07) is 6.69. The second kappa shape index (κ2) is 5.74. The fraction of sp³-hybridized carbons (Fsp3) is 0.600. The summed E-state index contributed by atoms with van der Waals surface area (Å²) in [5.41, 5.74) is 0. The fourth-order valence-electron chi connectivity index (χ4n) is 2.38. The summed E-state index contributed by atoms with van der Waals surface area (Å²) >= 11 is 0. The first kappa shape index (κ1) is 15.3. The second-order valence-electron chi connectivity index (χ2n) is 5.91. The van der Waals surface area contributed by atoms with Crippen molar-refractivity contribution in [3.63, 3.8) is 0 Å². The van der Waals surface area contributed by atoms with E-state index in [0.29, 0.717) is 35.6 Å². The summed E-state index contributed by atoms with van der Waals surface area (Å²) in [5, 5.41) is 0. The van der Waals surface area contributed by atoms with Gasteiger partial charge in [-0.25, -0.2) is 8.42 Å². The van der Waals surface area contributed by atoms with Crippen LogP contribution in [-0.4, -0.2) is 31.9 Å². The van der Waals surface area contributed by atoms with Crippen LogP contribution in [0, 0.1) is 11.8 Å². The molecular weight excluding hydrogens is 274 g/mol. The Morgan fingerprint density at radius 1 is 1.10 bits per heavy atom. The summed E-state index contributed by atoms with van der Waals surface area (Å²) in [5.74, 6) is 1.52.